The second-order valence-electron chi connectivity index (χ2n) is 4.94. The third kappa shape index (κ3) is 4.18. The molecule has 0 saturated heterocycles. The second-order valence-corrected chi connectivity index (χ2v) is 6.68. The Hall–Kier alpha value is -2.18. The molecule has 0 fully saturated rings. The summed E-state index contributed by atoms with van der Waals surface area (Å²) in [6, 6.07) is 11.3. The van der Waals surface area contributed by atoms with Gasteiger partial charge in [0.05, 0.1) is 16.8 Å². The molecular formula is C17H15N3OS2. The fourth-order valence-corrected chi connectivity index (χ4v) is 3.58. The molecule has 4 nitrogen and oxygen atoms in total. The van der Waals surface area contributed by atoms with Crippen molar-refractivity contribution < 1.29 is 4.79 Å². The van der Waals surface area contributed by atoms with Crippen molar-refractivity contribution in [1.82, 2.24) is 9.97 Å². The van der Waals surface area contributed by atoms with E-state index in [9.17, 15) is 4.79 Å². The lowest BCUT2D eigenvalue weighted by molar-refractivity contribution is 0.102. The summed E-state index contributed by atoms with van der Waals surface area (Å²) < 4.78 is 0. The first kappa shape index (κ1) is 15.7. The van der Waals surface area contributed by atoms with Gasteiger partial charge in [-0.15, -0.1) is 23.1 Å². The average Bonchev–Trinajstić information content (AvgIpc) is 3.09. The molecule has 0 spiro atoms. The van der Waals surface area contributed by atoms with Gasteiger partial charge in [-0.05, 0) is 30.7 Å². The normalized spacial score (nSPS) is 10.5. The third-order valence-corrected chi connectivity index (χ3v) is 4.89. The van der Waals surface area contributed by atoms with Gasteiger partial charge in [-0.2, -0.15) is 0 Å². The molecular weight excluding hydrogens is 326 g/mol. The number of anilines is 1. The van der Waals surface area contributed by atoms with Crippen LogP contribution in [0.3, 0.4) is 0 Å². The summed E-state index contributed by atoms with van der Waals surface area (Å²) in [4.78, 5) is 21.9. The van der Waals surface area contributed by atoms with Crippen LogP contribution in [-0.4, -0.2) is 15.9 Å². The highest BCUT2D eigenvalue weighted by molar-refractivity contribution is 7.98. The Bertz CT molecular complexity index is 786. The highest BCUT2D eigenvalue weighted by atomic mass is 32.2. The lowest BCUT2D eigenvalue weighted by Gasteiger charge is -2.09. The van der Waals surface area contributed by atoms with Gasteiger partial charge in [-0.25, -0.2) is 9.97 Å². The molecule has 3 aromatic rings. The second kappa shape index (κ2) is 7.39. The Morgan fingerprint density at radius 3 is 2.83 bits per heavy atom. The van der Waals surface area contributed by atoms with Gasteiger partial charge in [0.1, 0.15) is 5.82 Å². The number of nitrogens with one attached hydrogen (secondary N) is 1. The summed E-state index contributed by atoms with van der Waals surface area (Å²) in [6.07, 6.45) is 1.73. The smallest absolute Gasteiger partial charge is 0.257 e. The van der Waals surface area contributed by atoms with Crippen molar-refractivity contribution in [2.45, 2.75) is 17.6 Å². The Balaban J connectivity index is 1.73. The maximum Gasteiger partial charge on any atom is 0.257 e. The maximum absolute atomic E-state index is 12.5. The minimum atomic E-state index is -0.150. The van der Waals surface area contributed by atoms with Gasteiger partial charge in [0, 0.05) is 22.2 Å². The van der Waals surface area contributed by atoms with Crippen molar-refractivity contribution in [3.05, 3.63) is 70.3 Å². The van der Waals surface area contributed by atoms with E-state index < -0.39 is 0 Å². The van der Waals surface area contributed by atoms with Crippen LogP contribution in [0.15, 0.2) is 58.4 Å². The number of carbonyl (C=O) groups excluding carboxylic acids is 1. The highest BCUT2D eigenvalue weighted by Gasteiger charge is 2.12. The first-order valence-electron chi connectivity index (χ1n) is 7.05. The van der Waals surface area contributed by atoms with Crippen LogP contribution in [0, 0.1) is 6.92 Å². The fraction of sp³-hybridized carbons (Fsp3) is 0.118. The molecule has 0 unspecified atom stereocenters. The Kier molecular flexibility index (Phi) is 5.05. The standard InChI is InChI=1S/C17H15N3OS2/c1-12-6-7-16(18-8-12)20-17(21)14-4-2-3-5-15(14)23-10-13-9-22-11-19-13/h2-9,11H,10H2,1H3,(H,18,20,21). The zero-order chi connectivity index (χ0) is 16.1. The van der Waals surface area contributed by atoms with Crippen LogP contribution in [0.5, 0.6) is 0 Å². The number of aromatic nitrogens is 2. The molecule has 0 aliphatic carbocycles. The fourth-order valence-electron chi connectivity index (χ4n) is 1.97. The van der Waals surface area contributed by atoms with Gasteiger partial charge in [-0.1, -0.05) is 18.2 Å². The minimum absolute atomic E-state index is 0.150. The summed E-state index contributed by atoms with van der Waals surface area (Å²) in [5.74, 6) is 1.15. The van der Waals surface area contributed by atoms with E-state index in [0.29, 0.717) is 11.4 Å². The van der Waals surface area contributed by atoms with E-state index in [-0.39, 0.29) is 5.91 Å². The largest absolute Gasteiger partial charge is 0.307 e. The van der Waals surface area contributed by atoms with Crippen molar-refractivity contribution in [1.29, 1.82) is 0 Å². The molecule has 2 heterocycles. The van der Waals surface area contributed by atoms with Crippen molar-refractivity contribution in [3.63, 3.8) is 0 Å². The van der Waals surface area contributed by atoms with Crippen LogP contribution in [0.1, 0.15) is 21.6 Å². The van der Waals surface area contributed by atoms with Crippen LogP contribution < -0.4 is 5.32 Å². The number of pyridine rings is 1. The number of thioether (sulfide) groups is 1. The predicted octanol–water partition coefficient (Wildman–Crippen LogP) is 4.39. The molecule has 0 bridgehead atoms. The Morgan fingerprint density at radius 1 is 1.22 bits per heavy atom. The van der Waals surface area contributed by atoms with E-state index in [1.165, 1.54) is 0 Å². The molecule has 0 saturated carbocycles. The molecule has 0 aliphatic heterocycles. The van der Waals surface area contributed by atoms with Crippen molar-refractivity contribution in [2.75, 3.05) is 5.32 Å². The van der Waals surface area contributed by atoms with Gasteiger partial charge in [0.25, 0.3) is 5.91 Å². The number of hydrogen-bond donors (Lipinski definition) is 1. The molecule has 23 heavy (non-hydrogen) atoms. The van der Waals surface area contributed by atoms with Gasteiger partial charge in [0.15, 0.2) is 0 Å². The number of aryl methyl sites for hydroxylation is 1. The maximum atomic E-state index is 12.5. The van der Waals surface area contributed by atoms with E-state index in [4.69, 9.17) is 0 Å². The van der Waals surface area contributed by atoms with Crippen LogP contribution in [0.25, 0.3) is 0 Å². The first-order valence-corrected chi connectivity index (χ1v) is 8.98. The summed E-state index contributed by atoms with van der Waals surface area (Å²) in [5, 5.41) is 4.86. The number of nitrogens with zero attached hydrogens (tertiary/aromatic N) is 2. The van der Waals surface area contributed by atoms with E-state index in [2.05, 4.69) is 15.3 Å². The van der Waals surface area contributed by atoms with Crippen LogP contribution >= 0.6 is 23.1 Å². The average molecular weight is 341 g/mol. The topological polar surface area (TPSA) is 54.9 Å². The van der Waals surface area contributed by atoms with Crippen LogP contribution in [0.4, 0.5) is 5.82 Å². The van der Waals surface area contributed by atoms with E-state index in [1.807, 2.05) is 48.1 Å². The third-order valence-electron chi connectivity index (χ3n) is 3.14. The van der Waals surface area contributed by atoms with Crippen LogP contribution in [0.2, 0.25) is 0 Å². The Morgan fingerprint density at radius 2 is 2.09 bits per heavy atom. The van der Waals surface area contributed by atoms with E-state index in [0.717, 1.165) is 21.9 Å². The molecule has 2 aromatic heterocycles. The highest BCUT2D eigenvalue weighted by Crippen LogP contribution is 2.26. The molecule has 1 amide bonds. The molecule has 1 N–H and O–H groups in total. The van der Waals surface area contributed by atoms with Gasteiger partial charge in [0.2, 0.25) is 0 Å². The molecule has 0 aliphatic rings. The van der Waals surface area contributed by atoms with Crippen molar-refractivity contribution in [3.8, 4) is 0 Å². The number of carbonyl (C=O) groups is 1. The number of rotatable bonds is 5. The van der Waals surface area contributed by atoms with Gasteiger partial charge < -0.3 is 5.32 Å². The number of amides is 1. The number of thiazole rings is 1. The molecule has 0 radical (unpaired) electrons. The zero-order valence-corrected chi connectivity index (χ0v) is 14.2. The van der Waals surface area contributed by atoms with Crippen molar-refractivity contribution in [2.24, 2.45) is 0 Å². The summed E-state index contributed by atoms with van der Waals surface area (Å²) >= 11 is 3.19. The minimum Gasteiger partial charge on any atom is -0.307 e. The number of benzene rings is 1. The first-order chi connectivity index (χ1) is 11.2. The SMILES string of the molecule is Cc1ccc(NC(=O)c2ccccc2SCc2cscn2)nc1. The predicted molar refractivity (Wildman–Crippen MR) is 95.0 cm³/mol. The van der Waals surface area contributed by atoms with Crippen LogP contribution in [-0.2, 0) is 5.75 Å². The molecule has 0 atom stereocenters. The molecule has 1 aromatic carbocycles. The van der Waals surface area contributed by atoms with E-state index in [1.54, 1.807) is 35.4 Å². The monoisotopic (exact) mass is 341 g/mol. The molecule has 3 rings (SSSR count). The number of hydrogen-bond acceptors (Lipinski definition) is 5. The zero-order valence-electron chi connectivity index (χ0n) is 12.5. The Labute approximate surface area is 143 Å². The van der Waals surface area contributed by atoms with Gasteiger partial charge >= 0.3 is 0 Å². The quantitative estimate of drug-likeness (QED) is 0.699. The van der Waals surface area contributed by atoms with Crippen molar-refractivity contribution >= 4 is 34.8 Å². The molecule has 6 heteroatoms. The van der Waals surface area contributed by atoms with Gasteiger partial charge in [-0.3, -0.25) is 4.79 Å². The van der Waals surface area contributed by atoms with E-state index >= 15 is 0 Å². The molecule has 116 valence electrons. The summed E-state index contributed by atoms with van der Waals surface area (Å²) in [5.41, 5.74) is 4.55. The lowest BCUT2D eigenvalue weighted by Crippen LogP contribution is -2.13. The summed E-state index contributed by atoms with van der Waals surface area (Å²) in [7, 11) is 0. The summed E-state index contributed by atoms with van der Waals surface area (Å²) in [6.45, 7) is 1.96. The lowest BCUT2D eigenvalue weighted by atomic mass is 10.2.